The molecule has 158 valence electrons. The van der Waals surface area contributed by atoms with Crippen molar-refractivity contribution in [3.05, 3.63) is 75.8 Å². The molecule has 3 rings (SSSR count). The maximum atomic E-state index is 12.0. The second-order valence-electron chi connectivity index (χ2n) is 7.53. The van der Waals surface area contributed by atoms with Gasteiger partial charge in [-0.2, -0.15) is 5.48 Å². The van der Waals surface area contributed by atoms with Gasteiger partial charge in [0.25, 0.3) is 5.91 Å². The summed E-state index contributed by atoms with van der Waals surface area (Å²) in [5, 5.41) is 4.55. The molecule has 2 atom stereocenters. The summed E-state index contributed by atoms with van der Waals surface area (Å²) in [5.41, 5.74) is 11.9. The molecule has 0 radical (unpaired) electrons. The Morgan fingerprint density at radius 2 is 1.83 bits per heavy atom. The summed E-state index contributed by atoms with van der Waals surface area (Å²) in [5.74, 6) is 0.232. The number of nitrogens with one attached hydrogen (secondary N) is 1. The maximum Gasteiger partial charge on any atom is 0.271 e. The van der Waals surface area contributed by atoms with Crippen LogP contribution in [0.15, 0.2) is 59.3 Å². The summed E-state index contributed by atoms with van der Waals surface area (Å²) in [4.78, 5) is 22.7. The molecule has 2 aromatic rings. The first kappa shape index (κ1) is 21.9. The molecular weight excluding hydrogens is 402 g/mol. The molecule has 0 aromatic heterocycles. The van der Waals surface area contributed by atoms with Gasteiger partial charge < -0.3 is 15.4 Å². The maximum absolute atomic E-state index is 12.0. The lowest BCUT2D eigenvalue weighted by molar-refractivity contribution is -0.112. The number of hydrogen-bond donors (Lipinski definition) is 2. The van der Waals surface area contributed by atoms with Crippen molar-refractivity contribution < 1.29 is 14.5 Å². The molecule has 6 nitrogen and oxygen atoms in total. The molecule has 0 bridgehead atoms. The van der Waals surface area contributed by atoms with Gasteiger partial charge in [0.15, 0.2) is 11.5 Å². The van der Waals surface area contributed by atoms with Crippen LogP contribution in [0, 0.1) is 5.92 Å². The van der Waals surface area contributed by atoms with Crippen LogP contribution in [-0.2, 0) is 19.9 Å². The van der Waals surface area contributed by atoms with Crippen molar-refractivity contribution in [2.75, 3.05) is 14.2 Å². The van der Waals surface area contributed by atoms with Crippen LogP contribution in [0.5, 0.6) is 0 Å². The molecule has 2 unspecified atom stereocenters. The topological polar surface area (TPSA) is 85.9 Å². The van der Waals surface area contributed by atoms with Crippen molar-refractivity contribution >= 4 is 29.0 Å². The van der Waals surface area contributed by atoms with E-state index in [4.69, 9.17) is 27.0 Å². The minimum Gasteiger partial charge on any atom is -0.408 e. The molecule has 0 spiro atoms. The molecule has 0 heterocycles. The normalized spacial score (nSPS) is 21.6. The summed E-state index contributed by atoms with van der Waals surface area (Å²) in [6.07, 6.45) is 0.980. The smallest absolute Gasteiger partial charge is 0.271 e. The fourth-order valence-corrected chi connectivity index (χ4v) is 4.09. The highest BCUT2D eigenvalue weighted by atomic mass is 35.5. The number of carbonyl (C=O) groups is 1. The molecule has 0 aliphatic heterocycles. The predicted molar refractivity (Wildman–Crippen MR) is 119 cm³/mol. The number of nitrogens with zero attached hydrogens (tertiary/aromatic N) is 1. The zero-order valence-corrected chi connectivity index (χ0v) is 18.3. The SMILES string of the molecule is CNO/C(=C(\C)C1CC1(C)c1ccc(Cl)cc1)c1ccccc1/C(=N\OC)C(N)=O. The molecule has 2 aromatic carbocycles. The van der Waals surface area contributed by atoms with E-state index < -0.39 is 5.91 Å². The summed E-state index contributed by atoms with van der Waals surface area (Å²) in [6, 6.07) is 15.3. The highest BCUT2D eigenvalue weighted by Crippen LogP contribution is 2.58. The minimum absolute atomic E-state index is 0.0148. The van der Waals surface area contributed by atoms with Crippen LogP contribution in [-0.4, -0.2) is 25.8 Å². The number of halogens is 1. The summed E-state index contributed by atoms with van der Waals surface area (Å²) >= 11 is 6.05. The van der Waals surface area contributed by atoms with Crippen LogP contribution in [0.2, 0.25) is 5.02 Å². The Balaban J connectivity index is 2.07. The number of oxime groups is 1. The van der Waals surface area contributed by atoms with Crippen LogP contribution in [0.4, 0.5) is 0 Å². The average Bonchev–Trinajstić information content (AvgIpc) is 3.43. The van der Waals surface area contributed by atoms with Crippen molar-refractivity contribution in [1.82, 2.24) is 5.48 Å². The van der Waals surface area contributed by atoms with Gasteiger partial charge >= 0.3 is 0 Å². The van der Waals surface area contributed by atoms with Gasteiger partial charge in [-0.05, 0) is 47.9 Å². The number of primary amides is 1. The highest BCUT2D eigenvalue weighted by molar-refractivity contribution is 6.45. The van der Waals surface area contributed by atoms with E-state index in [1.165, 1.54) is 12.7 Å². The van der Waals surface area contributed by atoms with Gasteiger partial charge in [0, 0.05) is 23.2 Å². The molecule has 1 fully saturated rings. The Kier molecular flexibility index (Phi) is 6.48. The molecule has 1 saturated carbocycles. The van der Waals surface area contributed by atoms with Crippen molar-refractivity contribution in [2.45, 2.75) is 25.7 Å². The van der Waals surface area contributed by atoms with Crippen molar-refractivity contribution in [2.24, 2.45) is 16.8 Å². The Bertz CT molecular complexity index is 1000. The second kappa shape index (κ2) is 8.90. The molecule has 0 saturated heterocycles. The number of benzene rings is 2. The minimum atomic E-state index is -0.678. The number of carbonyl (C=O) groups excluding carboxylic acids is 1. The van der Waals surface area contributed by atoms with Crippen molar-refractivity contribution in [1.29, 1.82) is 0 Å². The van der Waals surface area contributed by atoms with Crippen LogP contribution < -0.4 is 11.2 Å². The third kappa shape index (κ3) is 4.20. The second-order valence-corrected chi connectivity index (χ2v) is 7.97. The lowest BCUT2D eigenvalue weighted by atomic mass is 9.91. The highest BCUT2D eigenvalue weighted by Gasteiger charge is 2.53. The van der Waals surface area contributed by atoms with Crippen LogP contribution >= 0.6 is 11.6 Å². The zero-order valence-electron chi connectivity index (χ0n) is 17.5. The number of allylic oxidation sites excluding steroid dienone is 1. The van der Waals surface area contributed by atoms with Crippen LogP contribution in [0.25, 0.3) is 5.76 Å². The van der Waals surface area contributed by atoms with Crippen LogP contribution in [0.3, 0.4) is 0 Å². The lowest BCUT2D eigenvalue weighted by Crippen LogP contribution is -2.26. The van der Waals surface area contributed by atoms with Gasteiger partial charge in [0.05, 0.1) is 0 Å². The van der Waals surface area contributed by atoms with E-state index in [-0.39, 0.29) is 17.0 Å². The fourth-order valence-electron chi connectivity index (χ4n) is 3.96. The fraction of sp³-hybridized carbons (Fsp3) is 0.304. The van der Waals surface area contributed by atoms with Gasteiger partial charge in [0.2, 0.25) is 0 Å². The van der Waals surface area contributed by atoms with Crippen molar-refractivity contribution in [3.8, 4) is 0 Å². The molecule has 30 heavy (non-hydrogen) atoms. The van der Waals surface area contributed by atoms with E-state index in [0.717, 1.165) is 17.0 Å². The lowest BCUT2D eigenvalue weighted by Gasteiger charge is -2.18. The van der Waals surface area contributed by atoms with E-state index >= 15 is 0 Å². The van der Waals surface area contributed by atoms with Gasteiger partial charge in [-0.25, -0.2) is 0 Å². The van der Waals surface area contributed by atoms with Crippen LogP contribution in [0.1, 0.15) is 37.0 Å². The largest absolute Gasteiger partial charge is 0.408 e. The van der Waals surface area contributed by atoms with Gasteiger partial charge in [-0.1, -0.05) is 60.1 Å². The van der Waals surface area contributed by atoms with E-state index in [1.54, 1.807) is 13.1 Å². The Labute approximate surface area is 181 Å². The standard InChI is InChI=1S/C23H26ClN3O3/c1-14(19-13-23(19,2)15-9-11-16(24)12-10-15)21(30-26-3)18-8-6-5-7-17(18)20(22(25)28)27-29-4/h5-12,19,26H,13H2,1-4H3,(H2,25,28)/b21-14+,27-20+. The van der Waals surface area contributed by atoms with Gasteiger partial charge in [-0.15, -0.1) is 0 Å². The number of amides is 1. The third-order valence-electron chi connectivity index (χ3n) is 5.67. The predicted octanol–water partition coefficient (Wildman–Crippen LogP) is 4.04. The summed E-state index contributed by atoms with van der Waals surface area (Å²) in [6.45, 7) is 4.28. The molecular formula is C23H26ClN3O3. The van der Waals surface area contributed by atoms with E-state index in [2.05, 4.69) is 29.7 Å². The first-order chi connectivity index (χ1) is 14.3. The van der Waals surface area contributed by atoms with Gasteiger partial charge in [-0.3, -0.25) is 4.79 Å². The number of hydroxylamine groups is 1. The first-order valence-electron chi connectivity index (χ1n) is 9.64. The van der Waals surface area contributed by atoms with E-state index in [9.17, 15) is 4.79 Å². The Morgan fingerprint density at radius 3 is 2.40 bits per heavy atom. The zero-order chi connectivity index (χ0) is 21.9. The first-order valence-corrected chi connectivity index (χ1v) is 10.0. The quantitative estimate of drug-likeness (QED) is 0.378. The molecule has 1 aliphatic carbocycles. The molecule has 7 heteroatoms. The van der Waals surface area contributed by atoms with Gasteiger partial charge in [0.1, 0.15) is 7.11 Å². The van der Waals surface area contributed by atoms with Crippen molar-refractivity contribution in [3.63, 3.8) is 0 Å². The number of rotatable bonds is 8. The third-order valence-corrected chi connectivity index (χ3v) is 5.92. The number of hydrogen-bond acceptors (Lipinski definition) is 5. The Hall–Kier alpha value is -2.83. The molecule has 1 aliphatic rings. The molecule has 3 N–H and O–H groups in total. The average molecular weight is 428 g/mol. The monoisotopic (exact) mass is 427 g/mol. The van der Waals surface area contributed by atoms with E-state index in [1.807, 2.05) is 37.3 Å². The van der Waals surface area contributed by atoms with E-state index in [0.29, 0.717) is 16.9 Å². The summed E-state index contributed by atoms with van der Waals surface area (Å²) in [7, 11) is 3.07. The summed E-state index contributed by atoms with van der Waals surface area (Å²) < 4.78 is 0. The number of nitrogens with two attached hydrogens (primary N) is 1. The Morgan fingerprint density at radius 1 is 1.20 bits per heavy atom. The molecule has 1 amide bonds.